The van der Waals surface area contributed by atoms with E-state index in [-0.39, 0.29) is 34.8 Å². The minimum atomic E-state index is -4.72. The Labute approximate surface area is 194 Å². The predicted octanol–water partition coefficient (Wildman–Crippen LogP) is 5.45. The lowest BCUT2D eigenvalue weighted by Gasteiger charge is -2.35. The Bertz CT molecular complexity index is 1210. The molecule has 0 aliphatic heterocycles. The van der Waals surface area contributed by atoms with Gasteiger partial charge in [-0.1, -0.05) is 6.07 Å². The van der Waals surface area contributed by atoms with Gasteiger partial charge >= 0.3 is 6.18 Å². The first-order valence-corrected chi connectivity index (χ1v) is 10.3. The van der Waals surface area contributed by atoms with Crippen LogP contribution in [0.1, 0.15) is 31.2 Å². The Balaban J connectivity index is 1.69. The second kappa shape index (κ2) is 8.89. The quantitative estimate of drug-likeness (QED) is 0.416. The summed E-state index contributed by atoms with van der Waals surface area (Å²) in [7, 11) is 0. The summed E-state index contributed by atoms with van der Waals surface area (Å²) < 4.78 is 93.2. The second-order valence-electron chi connectivity index (χ2n) is 8.20. The number of hydrogen-bond acceptors (Lipinski definition) is 7. The Morgan fingerprint density at radius 3 is 2.34 bits per heavy atom. The molecular weight excluding hydrogens is 483 g/mol. The maximum Gasteiger partial charge on any atom is 0.433 e. The van der Waals surface area contributed by atoms with Gasteiger partial charge in [0.25, 0.3) is 5.92 Å². The Kier molecular flexibility index (Phi) is 6.23. The number of rotatable bonds is 7. The summed E-state index contributed by atoms with van der Waals surface area (Å²) in [4.78, 5) is 19.5. The Hall–Kier alpha value is -3.58. The van der Waals surface area contributed by atoms with Crippen LogP contribution in [0.5, 0.6) is 0 Å². The minimum absolute atomic E-state index is 0.175. The molecule has 0 amide bonds. The maximum atomic E-state index is 14.3. The highest BCUT2D eigenvalue weighted by Gasteiger charge is 2.45. The molecule has 3 heterocycles. The van der Waals surface area contributed by atoms with Gasteiger partial charge < -0.3 is 10.6 Å². The van der Waals surface area contributed by atoms with Crippen LogP contribution in [0.4, 0.5) is 48.3 Å². The zero-order valence-corrected chi connectivity index (χ0v) is 18.0. The smallest absolute Gasteiger partial charge is 0.351 e. The third-order valence-electron chi connectivity index (χ3n) is 5.13. The van der Waals surface area contributed by atoms with Gasteiger partial charge in [-0.2, -0.15) is 28.1 Å². The van der Waals surface area contributed by atoms with Crippen LogP contribution in [-0.4, -0.2) is 43.6 Å². The lowest BCUT2D eigenvalue weighted by atomic mass is 9.88. The molecule has 1 fully saturated rings. The van der Waals surface area contributed by atoms with Gasteiger partial charge in [0, 0.05) is 30.8 Å². The van der Waals surface area contributed by atoms with Crippen molar-refractivity contribution in [2.75, 3.05) is 17.3 Å². The zero-order chi connectivity index (χ0) is 25.4. The molecule has 186 valence electrons. The van der Waals surface area contributed by atoms with Crippen LogP contribution in [0.2, 0.25) is 0 Å². The summed E-state index contributed by atoms with van der Waals surface area (Å²) in [5.74, 6) is -3.47. The topological polar surface area (TPSA) is 88.5 Å². The molecule has 3 aromatic heterocycles. The molecule has 1 unspecified atom stereocenters. The van der Waals surface area contributed by atoms with Crippen molar-refractivity contribution in [3.8, 4) is 11.5 Å². The van der Waals surface area contributed by atoms with Crippen molar-refractivity contribution in [2.24, 2.45) is 0 Å². The van der Waals surface area contributed by atoms with E-state index in [4.69, 9.17) is 0 Å². The first-order valence-electron chi connectivity index (χ1n) is 10.3. The van der Waals surface area contributed by atoms with Crippen molar-refractivity contribution in [3.05, 3.63) is 47.9 Å². The van der Waals surface area contributed by atoms with Crippen LogP contribution in [0, 0.1) is 0 Å². The molecule has 1 atom stereocenters. The van der Waals surface area contributed by atoms with E-state index >= 15 is 0 Å². The van der Waals surface area contributed by atoms with Gasteiger partial charge in [0.2, 0.25) is 11.9 Å². The summed E-state index contributed by atoms with van der Waals surface area (Å²) in [5, 5.41) is 5.44. The first kappa shape index (κ1) is 24.5. The van der Waals surface area contributed by atoms with Crippen molar-refractivity contribution in [3.63, 3.8) is 0 Å². The highest BCUT2D eigenvalue weighted by atomic mass is 19.4. The van der Waals surface area contributed by atoms with E-state index in [1.165, 1.54) is 24.4 Å². The van der Waals surface area contributed by atoms with Gasteiger partial charge in [0.1, 0.15) is 18.1 Å². The summed E-state index contributed by atoms with van der Waals surface area (Å²) >= 11 is 0. The SMILES string of the molecule is CC(F)(CF)c1cc(Nc2nc(NC3CC(F)(F)C3)nc(-c3cccc(C(F)(F)F)n3)n2)ccn1. The van der Waals surface area contributed by atoms with Gasteiger partial charge in [-0.3, -0.25) is 4.98 Å². The fraction of sp³-hybridized carbons (Fsp3) is 0.381. The molecular formula is C21H18F7N7. The van der Waals surface area contributed by atoms with Crippen molar-refractivity contribution in [1.29, 1.82) is 0 Å². The first-order chi connectivity index (χ1) is 16.3. The molecule has 1 aliphatic rings. The monoisotopic (exact) mass is 501 g/mol. The summed E-state index contributed by atoms with van der Waals surface area (Å²) in [6, 6.07) is 5.10. The molecule has 7 nitrogen and oxygen atoms in total. The lowest BCUT2D eigenvalue weighted by Crippen LogP contribution is -2.44. The van der Waals surface area contributed by atoms with Crippen LogP contribution in [0.25, 0.3) is 11.5 Å². The van der Waals surface area contributed by atoms with Crippen molar-refractivity contribution >= 4 is 17.6 Å². The molecule has 0 saturated heterocycles. The van der Waals surface area contributed by atoms with Gasteiger partial charge in [-0.15, -0.1) is 0 Å². The van der Waals surface area contributed by atoms with E-state index in [0.717, 1.165) is 19.1 Å². The largest absolute Gasteiger partial charge is 0.433 e. The van der Waals surface area contributed by atoms with Crippen LogP contribution in [-0.2, 0) is 11.8 Å². The number of pyridine rings is 2. The van der Waals surface area contributed by atoms with E-state index in [0.29, 0.717) is 0 Å². The highest BCUT2D eigenvalue weighted by molar-refractivity contribution is 5.59. The average molecular weight is 501 g/mol. The van der Waals surface area contributed by atoms with Crippen molar-refractivity contribution in [2.45, 2.75) is 43.6 Å². The molecule has 14 heteroatoms. The number of alkyl halides is 7. The number of nitrogens with one attached hydrogen (secondary N) is 2. The number of aromatic nitrogens is 5. The normalized spacial score (nSPS) is 17.4. The van der Waals surface area contributed by atoms with E-state index < -0.39 is 49.0 Å². The Morgan fingerprint density at radius 1 is 0.971 bits per heavy atom. The third kappa shape index (κ3) is 5.74. The average Bonchev–Trinajstić information content (AvgIpc) is 2.77. The number of hydrogen-bond donors (Lipinski definition) is 2. The van der Waals surface area contributed by atoms with Gasteiger partial charge in [0.05, 0.1) is 5.69 Å². The molecule has 3 aromatic rings. The third-order valence-corrected chi connectivity index (χ3v) is 5.13. The van der Waals surface area contributed by atoms with E-state index in [9.17, 15) is 30.7 Å². The van der Waals surface area contributed by atoms with Crippen molar-refractivity contribution in [1.82, 2.24) is 24.9 Å². The summed E-state index contributed by atoms with van der Waals surface area (Å²) in [5.41, 5.74) is -3.79. The van der Waals surface area contributed by atoms with E-state index in [2.05, 4.69) is 35.6 Å². The van der Waals surface area contributed by atoms with Gasteiger partial charge in [-0.05, 0) is 31.2 Å². The standard InChI is InChI=1S/C21H18F7N7/c1-19(23,10-22)15-7-11(5-6-29-15)30-17-33-16(13-3-2-4-14(32-13)21(26,27)28)34-18(35-17)31-12-8-20(24,25)9-12/h2-7,12H,8-10H2,1H3,(H2,29,30,31,33,34,35). The van der Waals surface area contributed by atoms with Gasteiger partial charge in [-0.25, -0.2) is 22.5 Å². The lowest BCUT2D eigenvalue weighted by molar-refractivity contribution is -0.141. The molecule has 4 rings (SSSR count). The Morgan fingerprint density at radius 2 is 1.69 bits per heavy atom. The summed E-state index contributed by atoms with van der Waals surface area (Å²) in [6.45, 7) is -0.309. The van der Waals surface area contributed by atoms with Crippen molar-refractivity contribution < 1.29 is 30.7 Å². The molecule has 2 N–H and O–H groups in total. The van der Waals surface area contributed by atoms with Gasteiger partial charge in [0.15, 0.2) is 11.5 Å². The molecule has 0 bridgehead atoms. The minimum Gasteiger partial charge on any atom is -0.351 e. The molecule has 0 aromatic carbocycles. The zero-order valence-electron chi connectivity index (χ0n) is 18.0. The second-order valence-corrected chi connectivity index (χ2v) is 8.20. The van der Waals surface area contributed by atoms with E-state index in [1.807, 2.05) is 0 Å². The number of halogens is 7. The maximum absolute atomic E-state index is 14.3. The van der Waals surface area contributed by atoms with Crippen LogP contribution >= 0.6 is 0 Å². The molecule has 35 heavy (non-hydrogen) atoms. The molecule has 0 radical (unpaired) electrons. The number of nitrogens with zero attached hydrogens (tertiary/aromatic N) is 5. The van der Waals surface area contributed by atoms with Crippen LogP contribution < -0.4 is 10.6 Å². The highest BCUT2D eigenvalue weighted by Crippen LogP contribution is 2.39. The predicted molar refractivity (Wildman–Crippen MR) is 112 cm³/mol. The molecule has 1 saturated carbocycles. The van der Waals surface area contributed by atoms with E-state index in [1.54, 1.807) is 0 Å². The molecule has 0 spiro atoms. The number of anilines is 3. The summed E-state index contributed by atoms with van der Waals surface area (Å²) in [6.07, 6.45) is -4.43. The van der Waals surface area contributed by atoms with Crippen LogP contribution in [0.15, 0.2) is 36.5 Å². The molecule has 1 aliphatic carbocycles. The fourth-order valence-electron chi connectivity index (χ4n) is 3.26. The van der Waals surface area contributed by atoms with Crippen LogP contribution in [0.3, 0.4) is 0 Å². The fourth-order valence-corrected chi connectivity index (χ4v) is 3.26.